The van der Waals surface area contributed by atoms with Crippen LogP contribution in [0.5, 0.6) is 0 Å². The van der Waals surface area contributed by atoms with E-state index in [0.29, 0.717) is 32.1 Å². The van der Waals surface area contributed by atoms with E-state index in [2.05, 4.69) is 11.9 Å². The Morgan fingerprint density at radius 3 is 2.52 bits per heavy atom. The summed E-state index contributed by atoms with van der Waals surface area (Å²) < 4.78 is 5.89. The van der Waals surface area contributed by atoms with Gasteiger partial charge in [0.2, 0.25) is 5.91 Å². The summed E-state index contributed by atoms with van der Waals surface area (Å²) in [7, 11) is 0. The van der Waals surface area contributed by atoms with Crippen molar-refractivity contribution in [3.63, 3.8) is 0 Å². The van der Waals surface area contributed by atoms with Gasteiger partial charge in [-0.05, 0) is 34.1 Å². The predicted octanol–water partition coefficient (Wildman–Crippen LogP) is 2.61. The molecule has 1 saturated heterocycles. The number of amides is 1. The van der Waals surface area contributed by atoms with Gasteiger partial charge in [-0.15, -0.1) is 0 Å². The number of rotatable bonds is 6. The number of aliphatic imine (C=N–C) groups is 1. The molecule has 0 aromatic rings. The second kappa shape index (κ2) is 8.19. The molecule has 2 aliphatic rings. The number of piperazine rings is 1. The third-order valence-electron chi connectivity index (χ3n) is 5.35. The Bertz CT molecular complexity index is 530. The zero-order valence-electron chi connectivity index (χ0n) is 16.4. The number of carbonyl (C=O) groups excluding carboxylic acids is 2. The highest BCUT2D eigenvalue weighted by molar-refractivity contribution is 5.89. The summed E-state index contributed by atoms with van der Waals surface area (Å²) in [6.07, 6.45) is 4.83. The molecule has 0 unspecified atom stereocenters. The van der Waals surface area contributed by atoms with Gasteiger partial charge in [-0.3, -0.25) is 9.59 Å². The molecule has 2 atom stereocenters. The highest BCUT2D eigenvalue weighted by Crippen LogP contribution is 2.27. The van der Waals surface area contributed by atoms with Crippen LogP contribution in [-0.2, 0) is 14.3 Å². The first-order valence-corrected chi connectivity index (χ1v) is 9.57. The summed E-state index contributed by atoms with van der Waals surface area (Å²) in [5, 5.41) is 0. The van der Waals surface area contributed by atoms with E-state index in [-0.39, 0.29) is 23.3 Å². The Hall–Kier alpha value is -1.59. The number of hydrogen-bond acceptors (Lipinski definition) is 5. The second-order valence-electron chi connectivity index (χ2n) is 7.78. The fourth-order valence-corrected chi connectivity index (χ4v) is 3.26. The van der Waals surface area contributed by atoms with Gasteiger partial charge < -0.3 is 14.5 Å². The maximum absolute atomic E-state index is 12.6. The third-order valence-corrected chi connectivity index (χ3v) is 5.35. The molecule has 0 spiro atoms. The van der Waals surface area contributed by atoms with E-state index in [1.165, 1.54) is 0 Å². The largest absolute Gasteiger partial charge is 0.460 e. The van der Waals surface area contributed by atoms with E-state index in [1.807, 2.05) is 25.7 Å². The molecule has 6 nitrogen and oxygen atoms in total. The van der Waals surface area contributed by atoms with Gasteiger partial charge in [0.1, 0.15) is 12.1 Å². The van der Waals surface area contributed by atoms with Crippen molar-refractivity contribution in [2.75, 3.05) is 19.6 Å². The summed E-state index contributed by atoms with van der Waals surface area (Å²) in [4.78, 5) is 33.1. The summed E-state index contributed by atoms with van der Waals surface area (Å²) in [5.74, 6) is 0.122. The number of ether oxygens (including phenoxy) is 1. The zero-order valence-corrected chi connectivity index (χ0v) is 16.4. The van der Waals surface area contributed by atoms with Crippen LogP contribution in [0.25, 0.3) is 0 Å². The molecule has 0 saturated carbocycles. The van der Waals surface area contributed by atoms with Crippen LogP contribution in [0.2, 0.25) is 0 Å². The summed E-state index contributed by atoms with van der Waals surface area (Å²) in [5.41, 5.74) is -0.257. The maximum Gasteiger partial charge on any atom is 0.288 e. The minimum atomic E-state index is -0.405. The summed E-state index contributed by atoms with van der Waals surface area (Å²) in [6, 6.07) is 0.205. The highest BCUT2D eigenvalue weighted by atomic mass is 16.5. The quantitative estimate of drug-likeness (QED) is 0.690. The van der Waals surface area contributed by atoms with Crippen LogP contribution < -0.4 is 0 Å². The molecular weight excluding hydrogens is 318 g/mol. The van der Waals surface area contributed by atoms with Crippen molar-refractivity contribution < 1.29 is 14.3 Å². The number of Topliss-reactive ketones (excluding diaryl/α,β-unsaturated/α-hetero) is 1. The average Bonchev–Trinajstić information content (AvgIpc) is 2.84. The molecule has 2 aliphatic heterocycles. The zero-order chi connectivity index (χ0) is 18.6. The minimum absolute atomic E-state index is 0.0107. The molecule has 1 amide bonds. The fourth-order valence-electron chi connectivity index (χ4n) is 3.26. The van der Waals surface area contributed by atoms with Crippen LogP contribution in [0, 0.1) is 0 Å². The fraction of sp³-hybridized carbons (Fsp3) is 0.842. The van der Waals surface area contributed by atoms with Gasteiger partial charge in [0, 0.05) is 26.1 Å². The Labute approximate surface area is 151 Å². The predicted molar refractivity (Wildman–Crippen MR) is 98.6 cm³/mol. The lowest BCUT2D eigenvalue weighted by molar-refractivity contribution is -0.141. The van der Waals surface area contributed by atoms with E-state index in [4.69, 9.17) is 4.74 Å². The lowest BCUT2D eigenvalue weighted by Crippen LogP contribution is -2.59. The minimum Gasteiger partial charge on any atom is -0.460 e. The molecule has 25 heavy (non-hydrogen) atoms. The molecular formula is C19H33N3O3. The van der Waals surface area contributed by atoms with Crippen molar-refractivity contribution in [3.8, 4) is 0 Å². The number of carbonyl (C=O) groups is 2. The van der Waals surface area contributed by atoms with Gasteiger partial charge in [0.05, 0.1) is 5.54 Å². The standard InChI is InChI=1S/C19H33N3O3/c1-6-7-8-9-10-17(24)22-12-11-21(13-16(22)14(2)23)18-20-19(4,5)15(3)25-18/h15-16H,6-13H2,1-5H3/t15-,16-/m0/s1. The highest BCUT2D eigenvalue weighted by Gasteiger charge is 2.40. The Morgan fingerprint density at radius 1 is 1.24 bits per heavy atom. The molecule has 0 bridgehead atoms. The van der Waals surface area contributed by atoms with E-state index in [9.17, 15) is 9.59 Å². The normalized spacial score (nSPS) is 25.6. The second-order valence-corrected chi connectivity index (χ2v) is 7.78. The van der Waals surface area contributed by atoms with Crippen molar-refractivity contribution in [1.29, 1.82) is 0 Å². The molecule has 0 aromatic heterocycles. The Morgan fingerprint density at radius 2 is 1.96 bits per heavy atom. The smallest absolute Gasteiger partial charge is 0.288 e. The van der Waals surface area contributed by atoms with Gasteiger partial charge in [-0.2, -0.15) is 0 Å². The molecule has 6 heteroatoms. The van der Waals surface area contributed by atoms with Gasteiger partial charge in [-0.1, -0.05) is 26.2 Å². The van der Waals surface area contributed by atoms with Crippen molar-refractivity contribution in [3.05, 3.63) is 0 Å². The van der Waals surface area contributed by atoms with Crippen LogP contribution in [0.1, 0.15) is 66.7 Å². The summed E-state index contributed by atoms with van der Waals surface area (Å²) >= 11 is 0. The first-order chi connectivity index (χ1) is 11.8. The molecule has 0 N–H and O–H groups in total. The van der Waals surface area contributed by atoms with Crippen LogP contribution >= 0.6 is 0 Å². The van der Waals surface area contributed by atoms with Crippen LogP contribution in [0.15, 0.2) is 4.99 Å². The van der Waals surface area contributed by atoms with E-state index in [1.54, 1.807) is 11.8 Å². The lowest BCUT2D eigenvalue weighted by atomic mass is 10.0. The van der Waals surface area contributed by atoms with Crippen molar-refractivity contribution in [2.45, 2.75) is 84.4 Å². The van der Waals surface area contributed by atoms with Gasteiger partial charge in [0.15, 0.2) is 5.78 Å². The average molecular weight is 351 g/mol. The SMILES string of the molecule is CCCCCCC(=O)N1CCN(C2=NC(C)(C)[C@H](C)O2)C[C@H]1C(C)=O. The number of unbranched alkanes of at least 4 members (excludes halogenated alkanes) is 3. The first-order valence-electron chi connectivity index (χ1n) is 9.57. The van der Waals surface area contributed by atoms with Crippen molar-refractivity contribution in [1.82, 2.24) is 9.80 Å². The van der Waals surface area contributed by atoms with Gasteiger partial charge in [0.25, 0.3) is 6.02 Å². The number of hydrogen-bond donors (Lipinski definition) is 0. The molecule has 1 fully saturated rings. The van der Waals surface area contributed by atoms with Crippen LogP contribution in [0.3, 0.4) is 0 Å². The van der Waals surface area contributed by atoms with Crippen LogP contribution in [-0.4, -0.2) is 64.8 Å². The molecule has 0 radical (unpaired) electrons. The topological polar surface area (TPSA) is 62.2 Å². The molecule has 0 aromatic carbocycles. The number of nitrogens with zero attached hydrogens (tertiary/aromatic N) is 3. The maximum atomic E-state index is 12.6. The Kier molecular flexibility index (Phi) is 6.47. The van der Waals surface area contributed by atoms with Gasteiger partial charge in [-0.25, -0.2) is 4.99 Å². The third kappa shape index (κ3) is 4.73. The monoisotopic (exact) mass is 351 g/mol. The number of amidine groups is 1. The first kappa shape index (κ1) is 19.7. The summed E-state index contributed by atoms with van der Waals surface area (Å²) in [6.45, 7) is 11.5. The molecule has 2 heterocycles. The van der Waals surface area contributed by atoms with Gasteiger partial charge >= 0.3 is 0 Å². The lowest BCUT2D eigenvalue weighted by Gasteiger charge is -2.40. The molecule has 142 valence electrons. The van der Waals surface area contributed by atoms with Crippen molar-refractivity contribution in [2.24, 2.45) is 4.99 Å². The van der Waals surface area contributed by atoms with E-state index in [0.717, 1.165) is 25.7 Å². The van der Waals surface area contributed by atoms with Crippen LogP contribution in [0.4, 0.5) is 0 Å². The molecule has 2 rings (SSSR count). The van der Waals surface area contributed by atoms with Crippen molar-refractivity contribution >= 4 is 17.7 Å². The number of ketones is 1. The molecule has 0 aliphatic carbocycles. The van der Waals surface area contributed by atoms with E-state index < -0.39 is 6.04 Å². The van der Waals surface area contributed by atoms with E-state index >= 15 is 0 Å². The Balaban J connectivity index is 1.98.